The smallest absolute Gasteiger partial charge is 0.410 e. The number of likely N-dealkylation sites (tertiary alicyclic amines) is 1. The number of nitrogens with one attached hydrogen (secondary N) is 2. The fourth-order valence-electron chi connectivity index (χ4n) is 5.06. The van der Waals surface area contributed by atoms with Crippen LogP contribution in [0.1, 0.15) is 50.3 Å². The molecule has 3 amide bonds. The van der Waals surface area contributed by atoms with Crippen molar-refractivity contribution in [2.45, 2.75) is 58.5 Å². The minimum Gasteiger partial charge on any atom is -0.455 e. The fraction of sp³-hybridized carbons (Fsp3) is 0.387. The van der Waals surface area contributed by atoms with E-state index in [1.165, 1.54) is 6.20 Å². The van der Waals surface area contributed by atoms with Crippen LogP contribution in [0.5, 0.6) is 11.5 Å². The molecule has 8 nitrogen and oxygen atoms in total. The molecule has 2 N–H and O–H groups in total. The molecule has 0 saturated carbocycles. The summed E-state index contributed by atoms with van der Waals surface area (Å²) >= 11 is 12.4. The highest BCUT2D eigenvalue weighted by atomic mass is 35.5. The van der Waals surface area contributed by atoms with Crippen molar-refractivity contribution in [3.05, 3.63) is 81.3 Å². The number of nitrogens with zero attached hydrogens (tertiary/aromatic N) is 2. The summed E-state index contributed by atoms with van der Waals surface area (Å²) in [7, 11) is 0. The van der Waals surface area contributed by atoms with Crippen molar-refractivity contribution >= 4 is 41.0 Å². The van der Waals surface area contributed by atoms with Gasteiger partial charge in [-0.2, -0.15) is 0 Å². The Morgan fingerprint density at radius 1 is 1.05 bits per heavy atom. The van der Waals surface area contributed by atoms with Gasteiger partial charge in [-0.25, -0.2) is 14.0 Å². The minimum atomic E-state index is -0.770. The zero-order valence-electron chi connectivity index (χ0n) is 24.3. The summed E-state index contributed by atoms with van der Waals surface area (Å²) in [5.74, 6) is 0.544. The molecular formula is C31H35Cl2FN4O4. The summed E-state index contributed by atoms with van der Waals surface area (Å²) in [5.41, 5.74) is 1.07. The summed E-state index contributed by atoms with van der Waals surface area (Å²) < 4.78 is 26.7. The van der Waals surface area contributed by atoms with Crippen LogP contribution in [0.15, 0.2) is 48.8 Å². The van der Waals surface area contributed by atoms with Crippen LogP contribution >= 0.6 is 23.2 Å². The maximum atomic E-state index is 15.0. The van der Waals surface area contributed by atoms with Gasteiger partial charge in [0, 0.05) is 41.3 Å². The molecular weight excluding hydrogens is 582 g/mol. The maximum Gasteiger partial charge on any atom is 0.410 e. The van der Waals surface area contributed by atoms with Crippen LogP contribution in [0.2, 0.25) is 10.0 Å². The van der Waals surface area contributed by atoms with Crippen LogP contribution in [0.3, 0.4) is 0 Å². The highest BCUT2D eigenvalue weighted by Gasteiger charge is 2.40. The third kappa shape index (κ3) is 7.63. The molecule has 42 heavy (non-hydrogen) atoms. The van der Waals surface area contributed by atoms with E-state index >= 15 is 4.39 Å². The lowest BCUT2D eigenvalue weighted by Gasteiger charge is -2.42. The van der Waals surface area contributed by atoms with E-state index < -0.39 is 29.0 Å². The minimum absolute atomic E-state index is 0.119. The van der Waals surface area contributed by atoms with Gasteiger partial charge in [0.15, 0.2) is 5.75 Å². The highest BCUT2D eigenvalue weighted by molar-refractivity contribution is 6.31. The lowest BCUT2D eigenvalue weighted by molar-refractivity contribution is 0.0162. The third-order valence-electron chi connectivity index (χ3n) is 7.13. The average molecular weight is 618 g/mol. The normalized spacial score (nSPS) is 14.7. The van der Waals surface area contributed by atoms with Gasteiger partial charge in [0.25, 0.3) is 0 Å². The van der Waals surface area contributed by atoms with Gasteiger partial charge in [0.1, 0.15) is 17.2 Å². The molecule has 224 valence electrons. The van der Waals surface area contributed by atoms with Gasteiger partial charge in [-0.05, 0) is 101 Å². The molecule has 4 rings (SSSR count). The molecule has 0 aliphatic carbocycles. The van der Waals surface area contributed by atoms with E-state index in [1.807, 2.05) is 34.6 Å². The standard InChI is InChI=1S/C31H35Cl2FN4O4/c1-19-14-22(33)15-20(2)27(19)41-26-7-6-21(32)16-25(26)37-28(39)36-18-31(23-8-11-35-17-24(23)34)9-12-38(13-10-31)29(40)42-30(3,4)5/h6-8,11,14-17H,9-10,12-13,18H2,1-5H3,(H2,36,37,39). The monoisotopic (exact) mass is 616 g/mol. The maximum absolute atomic E-state index is 15.0. The van der Waals surface area contributed by atoms with Gasteiger partial charge in [0.2, 0.25) is 0 Å². The van der Waals surface area contributed by atoms with Gasteiger partial charge in [-0.3, -0.25) is 4.98 Å². The van der Waals surface area contributed by atoms with Gasteiger partial charge in [-0.1, -0.05) is 23.2 Å². The van der Waals surface area contributed by atoms with Gasteiger partial charge >= 0.3 is 12.1 Å². The van der Waals surface area contributed by atoms with Crippen LogP contribution in [-0.4, -0.2) is 47.2 Å². The number of hydrogen-bond donors (Lipinski definition) is 2. The van der Waals surface area contributed by atoms with Crippen molar-refractivity contribution in [2.75, 3.05) is 25.0 Å². The number of halogens is 3. The Balaban J connectivity index is 1.51. The van der Waals surface area contributed by atoms with E-state index in [-0.39, 0.29) is 6.54 Å². The van der Waals surface area contributed by atoms with Crippen LogP contribution in [0, 0.1) is 19.7 Å². The molecule has 1 aliphatic rings. The van der Waals surface area contributed by atoms with Crippen molar-refractivity contribution in [3.8, 4) is 11.5 Å². The number of carbonyl (C=O) groups excluding carboxylic acids is 2. The SMILES string of the molecule is Cc1cc(Cl)cc(C)c1Oc1ccc(Cl)cc1NC(=O)NCC1(c2ccncc2F)CCN(C(=O)OC(C)(C)C)CC1. The van der Waals surface area contributed by atoms with E-state index in [2.05, 4.69) is 15.6 Å². The van der Waals surface area contributed by atoms with E-state index in [0.717, 1.165) is 17.3 Å². The second-order valence-electron chi connectivity index (χ2n) is 11.5. The number of urea groups is 1. The number of aryl methyl sites for hydroxylation is 2. The Bertz CT molecular complexity index is 1450. The molecule has 1 saturated heterocycles. The predicted octanol–water partition coefficient (Wildman–Crippen LogP) is 8.03. The van der Waals surface area contributed by atoms with Crippen molar-refractivity contribution in [2.24, 2.45) is 0 Å². The highest BCUT2D eigenvalue weighted by Crippen LogP contribution is 2.38. The zero-order chi connectivity index (χ0) is 30.7. The van der Waals surface area contributed by atoms with E-state index in [1.54, 1.807) is 41.3 Å². The molecule has 1 aliphatic heterocycles. The number of anilines is 1. The first-order valence-corrected chi connectivity index (χ1v) is 14.4. The summed E-state index contributed by atoms with van der Waals surface area (Å²) in [6.07, 6.45) is 3.09. The second kappa shape index (κ2) is 12.8. The molecule has 2 heterocycles. The number of carbonyl (C=O) groups is 2. The van der Waals surface area contributed by atoms with Crippen LogP contribution in [0.25, 0.3) is 0 Å². The number of piperidine rings is 1. The van der Waals surface area contributed by atoms with E-state index in [4.69, 9.17) is 32.7 Å². The number of benzene rings is 2. The lowest BCUT2D eigenvalue weighted by Crippen LogP contribution is -2.52. The molecule has 0 spiro atoms. The third-order valence-corrected chi connectivity index (χ3v) is 7.58. The Kier molecular flexibility index (Phi) is 9.53. The van der Waals surface area contributed by atoms with E-state index in [0.29, 0.717) is 58.7 Å². The number of hydrogen-bond acceptors (Lipinski definition) is 5. The van der Waals surface area contributed by atoms with Crippen LogP contribution in [-0.2, 0) is 10.2 Å². The Hall–Kier alpha value is -3.56. The number of rotatable bonds is 6. The number of aromatic nitrogens is 1. The molecule has 3 aromatic rings. The predicted molar refractivity (Wildman–Crippen MR) is 162 cm³/mol. The molecule has 2 aromatic carbocycles. The number of amides is 3. The molecule has 1 fully saturated rings. The number of pyridine rings is 1. The van der Waals surface area contributed by atoms with Crippen LogP contribution < -0.4 is 15.4 Å². The number of ether oxygens (including phenoxy) is 2. The Labute approximate surface area is 255 Å². The first-order valence-electron chi connectivity index (χ1n) is 13.6. The van der Waals surface area contributed by atoms with Gasteiger partial charge < -0.3 is 25.0 Å². The molecule has 0 atom stereocenters. The van der Waals surface area contributed by atoms with Gasteiger partial charge in [-0.15, -0.1) is 0 Å². The molecule has 0 radical (unpaired) electrons. The van der Waals surface area contributed by atoms with Crippen molar-refractivity contribution in [1.29, 1.82) is 0 Å². The quantitative estimate of drug-likeness (QED) is 0.292. The summed E-state index contributed by atoms with van der Waals surface area (Å²) in [5, 5.41) is 6.73. The van der Waals surface area contributed by atoms with Crippen molar-refractivity contribution in [3.63, 3.8) is 0 Å². The topological polar surface area (TPSA) is 92.8 Å². The molecule has 11 heteroatoms. The van der Waals surface area contributed by atoms with Crippen molar-refractivity contribution in [1.82, 2.24) is 15.2 Å². The average Bonchev–Trinajstić information content (AvgIpc) is 2.90. The first-order chi connectivity index (χ1) is 19.8. The molecule has 0 unspecified atom stereocenters. The second-order valence-corrected chi connectivity index (χ2v) is 12.4. The Morgan fingerprint density at radius 2 is 1.71 bits per heavy atom. The van der Waals surface area contributed by atoms with Crippen molar-refractivity contribution < 1.29 is 23.5 Å². The molecule has 1 aromatic heterocycles. The van der Waals surface area contributed by atoms with Gasteiger partial charge in [0.05, 0.1) is 11.9 Å². The summed E-state index contributed by atoms with van der Waals surface area (Å²) in [4.78, 5) is 31.4. The largest absolute Gasteiger partial charge is 0.455 e. The zero-order valence-corrected chi connectivity index (χ0v) is 25.8. The summed E-state index contributed by atoms with van der Waals surface area (Å²) in [6.45, 7) is 9.99. The fourth-order valence-corrected chi connectivity index (χ4v) is 5.56. The van der Waals surface area contributed by atoms with Crippen LogP contribution in [0.4, 0.5) is 19.7 Å². The molecule has 0 bridgehead atoms. The summed E-state index contributed by atoms with van der Waals surface area (Å²) in [6, 6.07) is 9.63. The Morgan fingerprint density at radius 3 is 2.33 bits per heavy atom. The lowest BCUT2D eigenvalue weighted by atomic mass is 9.72. The van der Waals surface area contributed by atoms with E-state index in [9.17, 15) is 9.59 Å². The first kappa shape index (κ1) is 31.4.